The van der Waals surface area contributed by atoms with E-state index in [1.54, 1.807) is 12.2 Å². The Morgan fingerprint density at radius 1 is 0.532 bits per heavy atom. The summed E-state index contributed by atoms with van der Waals surface area (Å²) in [7, 11) is 0. The zero-order valence-electron chi connectivity index (χ0n) is 29.9. The summed E-state index contributed by atoms with van der Waals surface area (Å²) in [6.45, 7) is 3.96. The van der Waals surface area contributed by atoms with E-state index in [9.17, 15) is 19.8 Å². The van der Waals surface area contributed by atoms with E-state index in [-0.39, 0.29) is 32.0 Å². The molecule has 0 aliphatic heterocycles. The Bertz CT molecular complexity index is 898. The third-order valence-corrected chi connectivity index (χ3v) is 7.57. The van der Waals surface area contributed by atoms with Gasteiger partial charge in [-0.15, -0.1) is 0 Å². The van der Waals surface area contributed by atoms with E-state index >= 15 is 0 Å². The van der Waals surface area contributed by atoms with Crippen LogP contribution in [-0.2, 0) is 19.1 Å². The van der Waals surface area contributed by atoms with E-state index in [0.717, 1.165) is 51.4 Å². The molecule has 1 unspecified atom stereocenters. The first-order chi connectivity index (χ1) is 23.0. The third-order valence-electron chi connectivity index (χ3n) is 7.57. The van der Waals surface area contributed by atoms with E-state index in [1.807, 2.05) is 12.2 Å². The van der Waals surface area contributed by atoms with Crippen molar-refractivity contribution in [1.82, 2.24) is 0 Å². The minimum atomic E-state index is -1.06. The van der Waals surface area contributed by atoms with Gasteiger partial charge in [-0.3, -0.25) is 9.59 Å². The van der Waals surface area contributed by atoms with Gasteiger partial charge in [-0.25, -0.2) is 0 Å². The Hall–Kier alpha value is -2.70. The van der Waals surface area contributed by atoms with Crippen molar-refractivity contribution in [3.05, 3.63) is 72.9 Å². The summed E-state index contributed by atoms with van der Waals surface area (Å²) in [6, 6.07) is 0. The van der Waals surface area contributed by atoms with Crippen LogP contribution in [0.3, 0.4) is 0 Å². The first-order valence-electron chi connectivity index (χ1n) is 18.6. The SMILES string of the molecule is CC/C=C\C/C=C\C/C=C\C/C=C\C/C=C\C=C/C(O)CCC(=O)OC[C@H](O)COC(=O)CCCCCCCCCCCCCCC. The Balaban J connectivity index is 3.72. The lowest BCUT2D eigenvalue weighted by molar-refractivity contribution is -0.152. The molecule has 2 N–H and O–H groups in total. The maximum absolute atomic E-state index is 12.0. The van der Waals surface area contributed by atoms with Crippen LogP contribution in [0.15, 0.2) is 72.9 Å². The van der Waals surface area contributed by atoms with Crippen LogP contribution in [0.25, 0.3) is 0 Å². The number of ether oxygens (including phenoxy) is 2. The van der Waals surface area contributed by atoms with Gasteiger partial charge < -0.3 is 19.7 Å². The Kier molecular flexibility index (Phi) is 34.1. The molecule has 0 rings (SSSR count). The summed E-state index contributed by atoms with van der Waals surface area (Å²) in [5.74, 6) is -0.842. The molecule has 0 saturated heterocycles. The van der Waals surface area contributed by atoms with Crippen molar-refractivity contribution in [2.24, 2.45) is 0 Å². The van der Waals surface area contributed by atoms with Crippen LogP contribution in [0.4, 0.5) is 0 Å². The van der Waals surface area contributed by atoms with Gasteiger partial charge in [0.2, 0.25) is 0 Å². The number of carbonyl (C=O) groups excluding carboxylic acids is 2. The number of unbranched alkanes of at least 4 members (excludes halogenated alkanes) is 12. The summed E-state index contributed by atoms with van der Waals surface area (Å²) >= 11 is 0. The molecule has 0 bridgehead atoms. The Morgan fingerprint density at radius 2 is 0.957 bits per heavy atom. The number of esters is 2. The fraction of sp³-hybridized carbons (Fsp3) is 0.659. The van der Waals surface area contributed by atoms with Crippen molar-refractivity contribution >= 4 is 11.9 Å². The van der Waals surface area contributed by atoms with E-state index in [2.05, 4.69) is 62.5 Å². The first-order valence-corrected chi connectivity index (χ1v) is 18.6. The van der Waals surface area contributed by atoms with Crippen LogP contribution in [0.5, 0.6) is 0 Å². The summed E-state index contributed by atoms with van der Waals surface area (Å²) in [4.78, 5) is 23.9. The number of carbonyl (C=O) groups is 2. The molecule has 47 heavy (non-hydrogen) atoms. The number of hydrogen-bond acceptors (Lipinski definition) is 6. The summed E-state index contributed by atoms with van der Waals surface area (Å²) < 4.78 is 10.2. The predicted molar refractivity (Wildman–Crippen MR) is 197 cm³/mol. The lowest BCUT2D eigenvalue weighted by atomic mass is 10.0. The largest absolute Gasteiger partial charge is 0.463 e. The number of hydrogen-bond donors (Lipinski definition) is 2. The maximum Gasteiger partial charge on any atom is 0.305 e. The molecule has 0 fully saturated rings. The number of rotatable bonds is 32. The average molecular weight is 657 g/mol. The highest BCUT2D eigenvalue weighted by Crippen LogP contribution is 2.13. The van der Waals surface area contributed by atoms with E-state index in [0.29, 0.717) is 6.42 Å². The van der Waals surface area contributed by atoms with Crippen LogP contribution < -0.4 is 0 Å². The van der Waals surface area contributed by atoms with E-state index in [1.165, 1.54) is 64.2 Å². The van der Waals surface area contributed by atoms with Crippen LogP contribution in [0.2, 0.25) is 0 Å². The quantitative estimate of drug-likeness (QED) is 0.0324. The molecule has 0 saturated carbocycles. The second-order valence-electron chi connectivity index (χ2n) is 12.2. The molecule has 0 amide bonds. The van der Waals surface area contributed by atoms with Crippen molar-refractivity contribution in [2.45, 2.75) is 161 Å². The lowest BCUT2D eigenvalue weighted by Crippen LogP contribution is -2.25. The fourth-order valence-corrected chi connectivity index (χ4v) is 4.72. The molecule has 6 nitrogen and oxygen atoms in total. The second-order valence-corrected chi connectivity index (χ2v) is 12.2. The minimum absolute atomic E-state index is 0.0305. The van der Waals surface area contributed by atoms with Gasteiger partial charge in [0.1, 0.15) is 19.3 Å². The van der Waals surface area contributed by atoms with Crippen LogP contribution in [0.1, 0.15) is 149 Å². The van der Waals surface area contributed by atoms with Gasteiger partial charge in [0.15, 0.2) is 0 Å². The Labute approximate surface area is 287 Å². The molecule has 0 heterocycles. The van der Waals surface area contributed by atoms with Crippen molar-refractivity contribution < 1.29 is 29.3 Å². The molecule has 0 radical (unpaired) electrons. The third kappa shape index (κ3) is 36.0. The molecule has 0 spiro atoms. The summed E-state index contributed by atoms with van der Waals surface area (Å²) in [5, 5.41) is 20.0. The molecule has 0 aromatic heterocycles. The molecule has 0 aromatic rings. The van der Waals surface area contributed by atoms with Crippen molar-refractivity contribution in [2.75, 3.05) is 13.2 Å². The van der Waals surface area contributed by atoms with Gasteiger partial charge in [0.05, 0.1) is 6.10 Å². The number of aliphatic hydroxyl groups is 2. The van der Waals surface area contributed by atoms with E-state index < -0.39 is 18.2 Å². The minimum Gasteiger partial charge on any atom is -0.463 e. The lowest BCUT2D eigenvalue weighted by Gasteiger charge is -2.12. The number of allylic oxidation sites excluding steroid dienone is 11. The van der Waals surface area contributed by atoms with Gasteiger partial charge >= 0.3 is 11.9 Å². The molecule has 2 atom stereocenters. The molecule has 0 aliphatic rings. The molecule has 0 aromatic carbocycles. The second kappa shape index (κ2) is 36.1. The highest BCUT2D eigenvalue weighted by molar-refractivity contribution is 5.69. The van der Waals surface area contributed by atoms with Gasteiger partial charge in [0.25, 0.3) is 0 Å². The van der Waals surface area contributed by atoms with Gasteiger partial charge in [-0.1, -0.05) is 164 Å². The molecule has 268 valence electrons. The standard InChI is InChI=1S/C41H68O6/c1-3-5-7-9-11-13-15-17-18-19-21-22-24-26-28-30-32-38(42)34-35-41(45)47-37-39(43)36-46-40(44)33-31-29-27-25-23-20-16-14-12-10-8-6-4-2/h5,7,11,13,17-18,21-22,26,28,30,32,38-39,42-43H,3-4,6,8-10,12,14-16,19-20,23-25,27,29,31,33-37H2,1-2H3/b7-5-,13-11-,18-17-,22-21-,28-26-,32-30-/t38?,39-/m1/s1. The molecule has 0 aliphatic carbocycles. The molecular weight excluding hydrogens is 588 g/mol. The molecular formula is C41H68O6. The van der Waals surface area contributed by atoms with E-state index in [4.69, 9.17) is 9.47 Å². The first kappa shape index (κ1) is 44.3. The fourth-order valence-electron chi connectivity index (χ4n) is 4.72. The Morgan fingerprint density at radius 3 is 1.45 bits per heavy atom. The van der Waals surface area contributed by atoms with Crippen molar-refractivity contribution in [3.63, 3.8) is 0 Å². The smallest absolute Gasteiger partial charge is 0.305 e. The zero-order chi connectivity index (χ0) is 34.5. The van der Waals surface area contributed by atoms with Crippen molar-refractivity contribution in [1.29, 1.82) is 0 Å². The predicted octanol–water partition coefficient (Wildman–Crippen LogP) is 10.4. The van der Waals surface area contributed by atoms with Crippen LogP contribution in [-0.4, -0.2) is 47.6 Å². The zero-order valence-corrected chi connectivity index (χ0v) is 29.9. The summed E-state index contributed by atoms with van der Waals surface area (Å²) in [6.07, 6.45) is 44.3. The molecule has 6 heteroatoms. The van der Waals surface area contributed by atoms with Gasteiger partial charge in [-0.05, 0) is 44.9 Å². The van der Waals surface area contributed by atoms with Gasteiger partial charge in [-0.2, -0.15) is 0 Å². The van der Waals surface area contributed by atoms with Crippen LogP contribution >= 0.6 is 0 Å². The highest BCUT2D eigenvalue weighted by atomic mass is 16.6. The monoisotopic (exact) mass is 657 g/mol. The number of aliphatic hydroxyl groups excluding tert-OH is 2. The normalized spacial score (nSPS) is 13.7. The highest BCUT2D eigenvalue weighted by Gasteiger charge is 2.13. The van der Waals surface area contributed by atoms with Crippen molar-refractivity contribution in [3.8, 4) is 0 Å². The maximum atomic E-state index is 12.0. The average Bonchev–Trinajstić information content (AvgIpc) is 3.07. The summed E-state index contributed by atoms with van der Waals surface area (Å²) in [5.41, 5.74) is 0. The van der Waals surface area contributed by atoms with Gasteiger partial charge in [0, 0.05) is 12.8 Å². The topological polar surface area (TPSA) is 93.1 Å². The van der Waals surface area contributed by atoms with Crippen LogP contribution in [0, 0.1) is 0 Å².